The normalized spacial score (nSPS) is 24.2. The highest BCUT2D eigenvalue weighted by Crippen LogP contribution is 2.38. The number of nitrogens with zero attached hydrogens (tertiary/aromatic N) is 1. The van der Waals surface area contributed by atoms with Crippen LogP contribution in [0.1, 0.15) is 31.2 Å². The van der Waals surface area contributed by atoms with E-state index in [4.69, 9.17) is 4.74 Å². The van der Waals surface area contributed by atoms with E-state index in [1.54, 1.807) is 0 Å². The van der Waals surface area contributed by atoms with Crippen LogP contribution < -0.4 is 0 Å². The molecule has 0 unspecified atom stereocenters. The third kappa shape index (κ3) is 2.24. The Kier molecular flexibility index (Phi) is 3.17. The Labute approximate surface area is 104 Å². The van der Waals surface area contributed by atoms with E-state index in [9.17, 15) is 0 Å². The van der Waals surface area contributed by atoms with Crippen molar-refractivity contribution < 1.29 is 4.74 Å². The Balaban J connectivity index is 1.76. The van der Waals surface area contributed by atoms with Gasteiger partial charge in [0, 0.05) is 18.6 Å². The minimum Gasteiger partial charge on any atom is -0.378 e. The van der Waals surface area contributed by atoms with E-state index >= 15 is 0 Å². The smallest absolute Gasteiger partial charge is 0.0651 e. The lowest BCUT2D eigenvalue weighted by Gasteiger charge is -2.44. The van der Waals surface area contributed by atoms with Crippen LogP contribution in [0.15, 0.2) is 30.3 Å². The Morgan fingerprint density at radius 1 is 1.12 bits per heavy atom. The molecule has 17 heavy (non-hydrogen) atoms. The zero-order valence-corrected chi connectivity index (χ0v) is 10.4. The SMILES string of the molecule is c1ccc(CN2CCOCC23CCCC3)cc1. The molecule has 1 aromatic rings. The van der Waals surface area contributed by atoms with Crippen molar-refractivity contribution in [3.63, 3.8) is 0 Å². The Morgan fingerprint density at radius 2 is 1.88 bits per heavy atom. The minimum atomic E-state index is 0.355. The van der Waals surface area contributed by atoms with Crippen LogP contribution in [0.25, 0.3) is 0 Å². The predicted octanol–water partition coefficient (Wildman–Crippen LogP) is 2.83. The van der Waals surface area contributed by atoms with E-state index in [1.807, 2.05) is 0 Å². The molecule has 2 fully saturated rings. The number of ether oxygens (including phenoxy) is 1. The van der Waals surface area contributed by atoms with Crippen molar-refractivity contribution in [2.45, 2.75) is 37.8 Å². The van der Waals surface area contributed by atoms with Gasteiger partial charge in [0.1, 0.15) is 0 Å². The first-order valence-electron chi connectivity index (χ1n) is 6.76. The van der Waals surface area contributed by atoms with E-state index in [2.05, 4.69) is 35.2 Å². The molecule has 0 bridgehead atoms. The molecule has 92 valence electrons. The van der Waals surface area contributed by atoms with Crippen LogP contribution in [-0.2, 0) is 11.3 Å². The molecule has 3 rings (SSSR count). The molecule has 2 aliphatic rings. The van der Waals surface area contributed by atoms with Crippen molar-refractivity contribution in [3.8, 4) is 0 Å². The topological polar surface area (TPSA) is 12.5 Å². The van der Waals surface area contributed by atoms with Crippen molar-refractivity contribution >= 4 is 0 Å². The highest BCUT2D eigenvalue weighted by Gasteiger charge is 2.41. The van der Waals surface area contributed by atoms with Crippen LogP contribution >= 0.6 is 0 Å². The lowest BCUT2D eigenvalue weighted by atomic mass is 9.94. The summed E-state index contributed by atoms with van der Waals surface area (Å²) in [4.78, 5) is 2.67. The van der Waals surface area contributed by atoms with E-state index in [1.165, 1.54) is 31.2 Å². The van der Waals surface area contributed by atoms with Gasteiger partial charge in [0.05, 0.1) is 13.2 Å². The summed E-state index contributed by atoms with van der Waals surface area (Å²) in [6.45, 7) is 4.02. The molecule has 1 saturated heterocycles. The first-order chi connectivity index (χ1) is 8.39. The second-order valence-electron chi connectivity index (χ2n) is 5.39. The summed E-state index contributed by atoms with van der Waals surface area (Å²) in [6.07, 6.45) is 5.38. The van der Waals surface area contributed by atoms with Gasteiger partial charge in [-0.1, -0.05) is 43.2 Å². The van der Waals surface area contributed by atoms with Gasteiger partial charge in [0.25, 0.3) is 0 Å². The molecule has 1 aromatic carbocycles. The van der Waals surface area contributed by atoms with Gasteiger partial charge in [0.2, 0.25) is 0 Å². The lowest BCUT2D eigenvalue weighted by molar-refractivity contribution is -0.0702. The van der Waals surface area contributed by atoms with E-state index < -0.39 is 0 Å². The average molecular weight is 231 g/mol. The minimum absolute atomic E-state index is 0.355. The average Bonchev–Trinajstić information content (AvgIpc) is 2.83. The Bertz CT molecular complexity index is 356. The maximum absolute atomic E-state index is 5.73. The zero-order chi connectivity index (χ0) is 11.6. The van der Waals surface area contributed by atoms with Gasteiger partial charge in [-0.15, -0.1) is 0 Å². The molecule has 0 amide bonds. The number of benzene rings is 1. The molecule has 2 heteroatoms. The predicted molar refractivity (Wildman–Crippen MR) is 68.9 cm³/mol. The molecule has 0 radical (unpaired) electrons. The molecule has 1 spiro atoms. The second kappa shape index (κ2) is 4.79. The largest absolute Gasteiger partial charge is 0.378 e. The molecule has 2 nitrogen and oxygen atoms in total. The molecule has 0 aromatic heterocycles. The van der Waals surface area contributed by atoms with Crippen LogP contribution in [0.2, 0.25) is 0 Å². The monoisotopic (exact) mass is 231 g/mol. The number of rotatable bonds is 2. The van der Waals surface area contributed by atoms with Gasteiger partial charge in [-0.05, 0) is 18.4 Å². The first kappa shape index (κ1) is 11.2. The standard InChI is InChI=1S/C15H21NO/c1-2-6-14(7-3-1)12-16-10-11-17-13-15(16)8-4-5-9-15/h1-3,6-7H,4-5,8-13H2. The van der Waals surface area contributed by atoms with E-state index in [0.29, 0.717) is 5.54 Å². The molecule has 1 saturated carbocycles. The fourth-order valence-corrected chi connectivity index (χ4v) is 3.31. The van der Waals surface area contributed by atoms with Crippen molar-refractivity contribution in [1.82, 2.24) is 4.90 Å². The summed E-state index contributed by atoms with van der Waals surface area (Å²) in [6, 6.07) is 10.8. The van der Waals surface area contributed by atoms with Crippen LogP contribution in [-0.4, -0.2) is 30.2 Å². The molecule has 0 atom stereocenters. The third-order valence-electron chi connectivity index (χ3n) is 4.30. The van der Waals surface area contributed by atoms with Gasteiger partial charge in [-0.25, -0.2) is 0 Å². The zero-order valence-electron chi connectivity index (χ0n) is 10.4. The van der Waals surface area contributed by atoms with Crippen molar-refractivity contribution in [2.24, 2.45) is 0 Å². The van der Waals surface area contributed by atoms with E-state index in [0.717, 1.165) is 26.3 Å². The Morgan fingerprint density at radius 3 is 2.65 bits per heavy atom. The Hall–Kier alpha value is -0.860. The summed E-state index contributed by atoms with van der Waals surface area (Å²) in [5.74, 6) is 0. The van der Waals surface area contributed by atoms with Gasteiger partial charge < -0.3 is 4.74 Å². The highest BCUT2D eigenvalue weighted by molar-refractivity contribution is 5.15. The fraction of sp³-hybridized carbons (Fsp3) is 0.600. The molecule has 0 N–H and O–H groups in total. The van der Waals surface area contributed by atoms with Crippen molar-refractivity contribution in [1.29, 1.82) is 0 Å². The molecular weight excluding hydrogens is 210 g/mol. The van der Waals surface area contributed by atoms with Gasteiger partial charge in [0.15, 0.2) is 0 Å². The van der Waals surface area contributed by atoms with Crippen LogP contribution in [0.4, 0.5) is 0 Å². The number of hydrogen-bond donors (Lipinski definition) is 0. The van der Waals surface area contributed by atoms with Gasteiger partial charge in [-0.3, -0.25) is 4.90 Å². The third-order valence-corrected chi connectivity index (χ3v) is 4.30. The maximum atomic E-state index is 5.73. The van der Waals surface area contributed by atoms with E-state index in [-0.39, 0.29) is 0 Å². The molecule has 1 heterocycles. The summed E-state index contributed by atoms with van der Waals surface area (Å²) in [5, 5.41) is 0. The fourth-order valence-electron chi connectivity index (χ4n) is 3.31. The van der Waals surface area contributed by atoms with Gasteiger partial charge in [-0.2, -0.15) is 0 Å². The molecular formula is C15H21NO. The van der Waals surface area contributed by atoms with Crippen LogP contribution in [0.5, 0.6) is 0 Å². The molecule has 1 aliphatic carbocycles. The number of hydrogen-bond acceptors (Lipinski definition) is 2. The van der Waals surface area contributed by atoms with Crippen LogP contribution in [0, 0.1) is 0 Å². The number of morpholine rings is 1. The van der Waals surface area contributed by atoms with Gasteiger partial charge >= 0.3 is 0 Å². The van der Waals surface area contributed by atoms with Crippen molar-refractivity contribution in [3.05, 3.63) is 35.9 Å². The summed E-state index contributed by atoms with van der Waals surface area (Å²) < 4.78 is 5.73. The molecule has 1 aliphatic heterocycles. The quantitative estimate of drug-likeness (QED) is 0.776. The highest BCUT2D eigenvalue weighted by atomic mass is 16.5. The van der Waals surface area contributed by atoms with Crippen LogP contribution in [0.3, 0.4) is 0 Å². The first-order valence-corrected chi connectivity index (χ1v) is 6.76. The summed E-state index contributed by atoms with van der Waals surface area (Å²) in [5.41, 5.74) is 1.79. The summed E-state index contributed by atoms with van der Waals surface area (Å²) in [7, 11) is 0. The lowest BCUT2D eigenvalue weighted by Crippen LogP contribution is -2.54. The second-order valence-corrected chi connectivity index (χ2v) is 5.39. The van der Waals surface area contributed by atoms with Crippen molar-refractivity contribution in [2.75, 3.05) is 19.8 Å². The maximum Gasteiger partial charge on any atom is 0.0651 e. The summed E-state index contributed by atoms with van der Waals surface area (Å²) >= 11 is 0.